The van der Waals surface area contributed by atoms with Gasteiger partial charge < -0.3 is 4.74 Å². The Morgan fingerprint density at radius 2 is 1.55 bits per heavy atom. The van der Waals surface area contributed by atoms with Crippen LogP contribution in [-0.2, 0) is 13.7 Å². The maximum Gasteiger partial charge on any atom is 0.371 e. The van der Waals surface area contributed by atoms with Crippen molar-refractivity contribution < 1.29 is 25.6 Å². The van der Waals surface area contributed by atoms with Crippen LogP contribution in [0.2, 0.25) is 0 Å². The summed E-state index contributed by atoms with van der Waals surface area (Å²) >= 11 is 0. The topological polar surface area (TPSA) is 52.6 Å². The van der Waals surface area contributed by atoms with E-state index < -0.39 is 37.5 Å². The standard InChI is InChI=1S/C30H40F2O4S2/c1-2-3-12-35-27-10-11-28(26-9-5-4-8-25(26)27)37(13-6-7-14-37)36-38(33,34)30(31,32)21-29-18-22-15-23(19-29)17-24(16-22)20-29/h4-5,8-11,22-24H,2-3,6-7,12-21H2,1H3. The minimum atomic E-state index is -5.12. The highest BCUT2D eigenvalue weighted by Crippen LogP contribution is 2.67. The fourth-order valence-corrected chi connectivity index (χ4v) is 14.3. The lowest BCUT2D eigenvalue weighted by Crippen LogP contribution is -2.49. The van der Waals surface area contributed by atoms with Gasteiger partial charge in [-0.3, -0.25) is 0 Å². The largest absolute Gasteiger partial charge is 0.493 e. The van der Waals surface area contributed by atoms with Crippen LogP contribution in [0.4, 0.5) is 8.78 Å². The van der Waals surface area contributed by atoms with Crippen molar-refractivity contribution in [3.8, 4) is 5.75 Å². The summed E-state index contributed by atoms with van der Waals surface area (Å²) in [5.41, 5.74) is -0.559. The molecule has 38 heavy (non-hydrogen) atoms. The smallest absolute Gasteiger partial charge is 0.371 e. The molecule has 1 saturated heterocycles. The molecule has 0 radical (unpaired) electrons. The van der Waals surface area contributed by atoms with Crippen LogP contribution in [-0.4, -0.2) is 31.8 Å². The predicted octanol–water partition coefficient (Wildman–Crippen LogP) is 8.44. The lowest BCUT2D eigenvalue weighted by Gasteiger charge is -2.57. The van der Waals surface area contributed by atoms with E-state index in [2.05, 4.69) is 6.92 Å². The molecule has 1 aliphatic heterocycles. The van der Waals surface area contributed by atoms with E-state index in [0.29, 0.717) is 35.9 Å². The zero-order chi connectivity index (χ0) is 26.6. The molecule has 0 atom stereocenters. The number of hydrogen-bond acceptors (Lipinski definition) is 4. The lowest BCUT2D eigenvalue weighted by atomic mass is 9.49. The summed E-state index contributed by atoms with van der Waals surface area (Å²) < 4.78 is 70.7. The van der Waals surface area contributed by atoms with Crippen molar-refractivity contribution in [1.82, 2.24) is 0 Å². The van der Waals surface area contributed by atoms with Gasteiger partial charge in [-0.2, -0.15) is 17.2 Å². The minimum absolute atomic E-state index is 0.483. The number of hydrogen-bond donors (Lipinski definition) is 0. The second kappa shape index (κ2) is 9.91. The number of alkyl halides is 2. The monoisotopic (exact) mass is 566 g/mol. The Balaban J connectivity index is 1.31. The Kier molecular flexibility index (Phi) is 7.00. The van der Waals surface area contributed by atoms with E-state index in [0.717, 1.165) is 85.6 Å². The van der Waals surface area contributed by atoms with Gasteiger partial charge in [-0.05, 0) is 98.5 Å². The molecule has 7 rings (SSSR count). The third kappa shape index (κ3) is 4.77. The molecule has 2 aromatic carbocycles. The van der Waals surface area contributed by atoms with Crippen LogP contribution in [0.1, 0.15) is 77.6 Å². The zero-order valence-corrected chi connectivity index (χ0v) is 23.9. The predicted molar refractivity (Wildman–Crippen MR) is 149 cm³/mol. The van der Waals surface area contributed by atoms with Crippen LogP contribution in [0.15, 0.2) is 41.3 Å². The average molecular weight is 567 g/mol. The third-order valence-corrected chi connectivity index (χ3v) is 15.2. The Hall–Kier alpha value is -1.38. The van der Waals surface area contributed by atoms with E-state index in [-0.39, 0.29) is 0 Å². The summed E-state index contributed by atoms with van der Waals surface area (Å²) in [7, 11) is -7.56. The van der Waals surface area contributed by atoms with Gasteiger partial charge in [-0.15, -0.1) is 0 Å². The van der Waals surface area contributed by atoms with Crippen molar-refractivity contribution in [2.75, 3.05) is 18.1 Å². The van der Waals surface area contributed by atoms with Crippen LogP contribution < -0.4 is 4.74 Å². The van der Waals surface area contributed by atoms with Gasteiger partial charge in [0.25, 0.3) is 0 Å². The van der Waals surface area contributed by atoms with Crippen molar-refractivity contribution in [2.45, 2.75) is 87.7 Å². The molecule has 210 valence electrons. The summed E-state index contributed by atoms with van der Waals surface area (Å²) in [6.07, 6.45) is 8.53. The van der Waals surface area contributed by atoms with Crippen molar-refractivity contribution in [3.05, 3.63) is 36.4 Å². The SMILES string of the molecule is CCCCOc1ccc(S2(OS(=O)(=O)C(F)(F)CC34CC5CC(CC(C5)C3)C4)CCCC2)c2ccccc12. The molecule has 2 aromatic rings. The molecule has 5 fully saturated rings. The molecule has 1 heterocycles. The van der Waals surface area contributed by atoms with E-state index >= 15 is 8.78 Å². The Bertz CT molecular complexity index is 1250. The van der Waals surface area contributed by atoms with Crippen LogP contribution in [0.25, 0.3) is 10.8 Å². The van der Waals surface area contributed by atoms with Gasteiger partial charge in [-0.25, -0.2) is 3.63 Å². The third-order valence-electron chi connectivity index (χ3n) is 9.53. The molecule has 4 bridgehead atoms. The van der Waals surface area contributed by atoms with Crippen molar-refractivity contribution in [3.63, 3.8) is 0 Å². The summed E-state index contributed by atoms with van der Waals surface area (Å²) in [6.45, 7) is 2.70. The number of rotatable bonds is 10. The summed E-state index contributed by atoms with van der Waals surface area (Å²) in [4.78, 5) is 0.752. The van der Waals surface area contributed by atoms with Gasteiger partial charge >= 0.3 is 15.4 Å². The number of benzene rings is 2. The van der Waals surface area contributed by atoms with Crippen LogP contribution in [0.3, 0.4) is 0 Å². The van der Waals surface area contributed by atoms with E-state index in [1.807, 2.05) is 36.4 Å². The number of ether oxygens (including phenoxy) is 1. The molecule has 8 heteroatoms. The van der Waals surface area contributed by atoms with Crippen molar-refractivity contribution in [2.24, 2.45) is 23.2 Å². The van der Waals surface area contributed by atoms with Crippen LogP contribution >= 0.6 is 10.3 Å². The molecule has 4 nitrogen and oxygen atoms in total. The first-order chi connectivity index (χ1) is 18.1. The molecule has 4 aliphatic carbocycles. The number of unbranched alkanes of at least 4 members (excludes halogenated alkanes) is 1. The molecule has 0 aromatic heterocycles. The molecule has 0 unspecified atom stereocenters. The Morgan fingerprint density at radius 1 is 0.947 bits per heavy atom. The Labute approximate surface area is 227 Å². The van der Waals surface area contributed by atoms with Crippen LogP contribution in [0, 0.1) is 23.2 Å². The molecule has 0 spiro atoms. The van der Waals surface area contributed by atoms with Gasteiger partial charge in [0.1, 0.15) is 5.75 Å². The van der Waals surface area contributed by atoms with E-state index in [1.54, 1.807) is 0 Å². The summed E-state index contributed by atoms with van der Waals surface area (Å²) in [6, 6.07) is 11.5. The van der Waals surface area contributed by atoms with Gasteiger partial charge in [0.2, 0.25) is 0 Å². The highest BCUT2D eigenvalue weighted by atomic mass is 32.3. The lowest BCUT2D eigenvalue weighted by molar-refractivity contribution is -0.0930. The molecule has 4 saturated carbocycles. The maximum atomic E-state index is 15.9. The maximum absolute atomic E-state index is 15.9. The van der Waals surface area contributed by atoms with Gasteiger partial charge in [0.15, 0.2) is 0 Å². The molecule has 5 aliphatic rings. The highest BCUT2D eigenvalue weighted by Gasteiger charge is 2.59. The highest BCUT2D eigenvalue weighted by molar-refractivity contribution is 8.33. The summed E-state index contributed by atoms with van der Waals surface area (Å²) in [5.74, 6) is 3.16. The Morgan fingerprint density at radius 3 is 2.16 bits per heavy atom. The first-order valence-corrected chi connectivity index (χ1v) is 17.7. The van der Waals surface area contributed by atoms with E-state index in [4.69, 9.17) is 8.37 Å². The summed E-state index contributed by atoms with van der Waals surface area (Å²) in [5, 5.41) is -2.17. The first-order valence-electron chi connectivity index (χ1n) is 14.4. The molecule has 0 N–H and O–H groups in total. The average Bonchev–Trinajstić information content (AvgIpc) is 3.31. The number of fused-ring (bicyclic) bond motifs is 1. The molecular weight excluding hydrogens is 526 g/mol. The zero-order valence-electron chi connectivity index (χ0n) is 22.3. The quantitative estimate of drug-likeness (QED) is 0.271. The van der Waals surface area contributed by atoms with Crippen molar-refractivity contribution >= 4 is 31.2 Å². The first kappa shape index (κ1) is 26.8. The fraction of sp³-hybridized carbons (Fsp3) is 0.667. The van der Waals surface area contributed by atoms with E-state index in [9.17, 15) is 8.42 Å². The van der Waals surface area contributed by atoms with Gasteiger partial charge in [-0.1, -0.05) is 47.9 Å². The number of halogens is 2. The van der Waals surface area contributed by atoms with Gasteiger partial charge in [0, 0.05) is 28.2 Å². The molecule has 0 amide bonds. The second-order valence-electron chi connectivity index (χ2n) is 12.5. The normalized spacial score (nSPS) is 31.1. The van der Waals surface area contributed by atoms with Gasteiger partial charge in [0.05, 0.1) is 6.61 Å². The second-order valence-corrected chi connectivity index (χ2v) is 17.4. The fourth-order valence-electron chi connectivity index (χ4n) is 8.37. The van der Waals surface area contributed by atoms with Crippen molar-refractivity contribution in [1.29, 1.82) is 0 Å². The molecular formula is C30H40F2O4S2. The minimum Gasteiger partial charge on any atom is -0.493 e. The van der Waals surface area contributed by atoms with E-state index in [1.165, 1.54) is 0 Å². The van der Waals surface area contributed by atoms with Crippen LogP contribution in [0.5, 0.6) is 5.75 Å².